The highest BCUT2D eigenvalue weighted by Crippen LogP contribution is 2.10. The Morgan fingerprint density at radius 1 is 1.09 bits per heavy atom. The smallest absolute Gasteiger partial charge is 0.306 e. The van der Waals surface area contributed by atoms with Crippen LogP contribution in [0, 0.1) is 0 Å². The fraction of sp³-hybridized carbons (Fsp3) is 0.533. The summed E-state index contributed by atoms with van der Waals surface area (Å²) in [6, 6.07) is 1.79. The van der Waals surface area contributed by atoms with Crippen LogP contribution in [0.15, 0.2) is 18.5 Å². The lowest BCUT2D eigenvalue weighted by atomic mass is 10.2. The van der Waals surface area contributed by atoms with Crippen LogP contribution in [0.4, 0.5) is 0 Å². The monoisotopic (exact) mass is 307 g/mol. The second-order valence-electron chi connectivity index (χ2n) is 5.31. The van der Waals surface area contributed by atoms with Gasteiger partial charge >= 0.3 is 5.97 Å². The van der Waals surface area contributed by atoms with E-state index in [9.17, 15) is 14.4 Å². The number of piperazine rings is 1. The first-order valence-corrected chi connectivity index (χ1v) is 7.27. The van der Waals surface area contributed by atoms with Gasteiger partial charge in [-0.05, 0) is 6.07 Å². The number of hydrogen-bond donors (Lipinski definition) is 0. The summed E-state index contributed by atoms with van der Waals surface area (Å²) in [4.78, 5) is 38.8. The molecule has 0 bridgehead atoms. The Morgan fingerprint density at radius 2 is 1.73 bits per heavy atom. The maximum absolute atomic E-state index is 12.3. The summed E-state index contributed by atoms with van der Waals surface area (Å²) >= 11 is 0. The van der Waals surface area contributed by atoms with Crippen LogP contribution in [0.3, 0.4) is 0 Å². The third-order valence-corrected chi connectivity index (χ3v) is 3.77. The quantitative estimate of drug-likeness (QED) is 0.748. The number of ether oxygens (including phenoxy) is 1. The van der Waals surface area contributed by atoms with Gasteiger partial charge in [0, 0.05) is 52.0 Å². The van der Waals surface area contributed by atoms with Crippen LogP contribution in [-0.2, 0) is 21.4 Å². The zero-order valence-electron chi connectivity index (χ0n) is 12.9. The van der Waals surface area contributed by atoms with E-state index in [0.29, 0.717) is 31.7 Å². The van der Waals surface area contributed by atoms with Gasteiger partial charge < -0.3 is 19.1 Å². The van der Waals surface area contributed by atoms with Gasteiger partial charge in [-0.1, -0.05) is 0 Å². The van der Waals surface area contributed by atoms with E-state index in [1.54, 1.807) is 22.1 Å². The molecule has 7 heteroatoms. The molecular weight excluding hydrogens is 286 g/mol. The van der Waals surface area contributed by atoms with Crippen molar-refractivity contribution in [2.24, 2.45) is 7.05 Å². The van der Waals surface area contributed by atoms with Crippen LogP contribution in [0.5, 0.6) is 0 Å². The number of nitrogens with zero attached hydrogens (tertiary/aromatic N) is 3. The van der Waals surface area contributed by atoms with Gasteiger partial charge in [0.05, 0.1) is 19.1 Å². The topological polar surface area (TPSA) is 71.9 Å². The molecule has 2 heterocycles. The molecule has 0 aliphatic carbocycles. The number of aryl methyl sites for hydroxylation is 1. The van der Waals surface area contributed by atoms with E-state index < -0.39 is 0 Å². The summed E-state index contributed by atoms with van der Waals surface area (Å²) < 4.78 is 6.36. The molecule has 0 N–H and O–H groups in total. The minimum absolute atomic E-state index is 0.0118. The van der Waals surface area contributed by atoms with Crippen LogP contribution >= 0.6 is 0 Å². The van der Waals surface area contributed by atoms with Crippen molar-refractivity contribution in [1.29, 1.82) is 0 Å². The van der Waals surface area contributed by atoms with Gasteiger partial charge in [-0.25, -0.2) is 0 Å². The predicted molar refractivity (Wildman–Crippen MR) is 79.1 cm³/mol. The first-order chi connectivity index (χ1) is 10.5. The Morgan fingerprint density at radius 3 is 2.27 bits per heavy atom. The number of methoxy groups -OCH3 is 1. The molecule has 0 atom stereocenters. The molecule has 0 unspecified atom stereocenters. The van der Waals surface area contributed by atoms with E-state index in [0.717, 1.165) is 0 Å². The molecule has 1 aromatic rings. The third-order valence-electron chi connectivity index (χ3n) is 3.77. The summed E-state index contributed by atoms with van der Waals surface area (Å²) in [5.74, 6) is -0.467. The zero-order valence-corrected chi connectivity index (χ0v) is 12.9. The van der Waals surface area contributed by atoms with Crippen molar-refractivity contribution in [1.82, 2.24) is 14.4 Å². The normalized spacial score (nSPS) is 14.8. The molecule has 2 rings (SSSR count). The van der Waals surface area contributed by atoms with Crippen molar-refractivity contribution in [2.45, 2.75) is 12.8 Å². The molecule has 0 spiro atoms. The molecule has 0 radical (unpaired) electrons. The first kappa shape index (κ1) is 16.1. The number of amides is 2. The van der Waals surface area contributed by atoms with E-state index in [-0.39, 0.29) is 30.6 Å². The summed E-state index contributed by atoms with van der Waals surface area (Å²) in [7, 11) is 3.18. The highest BCUT2D eigenvalue weighted by molar-refractivity contribution is 5.94. The second-order valence-corrected chi connectivity index (χ2v) is 5.31. The minimum atomic E-state index is -0.383. The molecule has 1 aliphatic heterocycles. The number of carbonyl (C=O) groups excluding carboxylic acids is 3. The maximum Gasteiger partial charge on any atom is 0.306 e. The number of esters is 1. The van der Waals surface area contributed by atoms with Gasteiger partial charge in [-0.3, -0.25) is 14.4 Å². The summed E-state index contributed by atoms with van der Waals surface area (Å²) in [5, 5.41) is 0. The molecule has 1 aromatic heterocycles. The Labute approximate surface area is 129 Å². The van der Waals surface area contributed by atoms with Crippen LogP contribution in [0.25, 0.3) is 0 Å². The van der Waals surface area contributed by atoms with Gasteiger partial charge in [-0.2, -0.15) is 0 Å². The second kappa shape index (κ2) is 7.11. The van der Waals surface area contributed by atoms with Crippen molar-refractivity contribution >= 4 is 17.8 Å². The van der Waals surface area contributed by atoms with Gasteiger partial charge in [-0.15, -0.1) is 0 Å². The molecule has 1 saturated heterocycles. The lowest BCUT2D eigenvalue weighted by Gasteiger charge is -2.34. The Bertz CT molecular complexity index is 559. The number of carbonyl (C=O) groups is 3. The largest absolute Gasteiger partial charge is 0.469 e. The Balaban J connectivity index is 1.81. The Kier molecular flexibility index (Phi) is 5.19. The molecule has 7 nitrogen and oxygen atoms in total. The summed E-state index contributed by atoms with van der Waals surface area (Å²) in [6.07, 6.45) is 3.87. The maximum atomic E-state index is 12.3. The molecule has 0 aromatic carbocycles. The van der Waals surface area contributed by atoms with E-state index in [1.807, 2.05) is 17.8 Å². The molecular formula is C15H21N3O4. The first-order valence-electron chi connectivity index (χ1n) is 7.27. The van der Waals surface area contributed by atoms with E-state index in [4.69, 9.17) is 0 Å². The van der Waals surface area contributed by atoms with Crippen LogP contribution in [0.1, 0.15) is 23.2 Å². The van der Waals surface area contributed by atoms with Crippen LogP contribution in [-0.4, -0.2) is 65.4 Å². The van der Waals surface area contributed by atoms with E-state index in [1.165, 1.54) is 7.11 Å². The molecule has 1 fully saturated rings. The molecule has 22 heavy (non-hydrogen) atoms. The fourth-order valence-electron chi connectivity index (χ4n) is 2.44. The van der Waals surface area contributed by atoms with Gasteiger partial charge in [0.2, 0.25) is 5.91 Å². The number of rotatable bonds is 4. The molecule has 120 valence electrons. The molecule has 0 saturated carbocycles. The van der Waals surface area contributed by atoms with Gasteiger partial charge in [0.15, 0.2) is 0 Å². The lowest BCUT2D eigenvalue weighted by Crippen LogP contribution is -2.50. The van der Waals surface area contributed by atoms with Crippen molar-refractivity contribution < 1.29 is 19.1 Å². The van der Waals surface area contributed by atoms with Crippen molar-refractivity contribution in [3.63, 3.8) is 0 Å². The fourth-order valence-corrected chi connectivity index (χ4v) is 2.44. The third kappa shape index (κ3) is 3.87. The van der Waals surface area contributed by atoms with Crippen molar-refractivity contribution in [2.75, 3.05) is 33.3 Å². The highest BCUT2D eigenvalue weighted by Gasteiger charge is 2.25. The van der Waals surface area contributed by atoms with Gasteiger partial charge in [0.1, 0.15) is 0 Å². The SMILES string of the molecule is COC(=O)CCC(=O)N1CCN(C(=O)c2ccn(C)c2)CC1. The number of aromatic nitrogens is 1. The lowest BCUT2D eigenvalue weighted by molar-refractivity contribution is -0.143. The zero-order chi connectivity index (χ0) is 16.1. The van der Waals surface area contributed by atoms with Crippen molar-refractivity contribution in [3.8, 4) is 0 Å². The van der Waals surface area contributed by atoms with Crippen molar-refractivity contribution in [3.05, 3.63) is 24.0 Å². The standard InChI is InChI=1S/C15H21N3O4/c1-16-6-5-12(11-16)15(21)18-9-7-17(8-10-18)13(19)3-4-14(20)22-2/h5-6,11H,3-4,7-10H2,1-2H3. The summed E-state index contributed by atoms with van der Waals surface area (Å²) in [5.41, 5.74) is 0.660. The average Bonchev–Trinajstić information content (AvgIpc) is 2.98. The van der Waals surface area contributed by atoms with Crippen LogP contribution in [0.2, 0.25) is 0 Å². The van der Waals surface area contributed by atoms with Gasteiger partial charge in [0.25, 0.3) is 5.91 Å². The summed E-state index contributed by atoms with van der Waals surface area (Å²) in [6.45, 7) is 2.02. The average molecular weight is 307 g/mol. The Hall–Kier alpha value is -2.31. The molecule has 2 amide bonds. The highest BCUT2D eigenvalue weighted by atomic mass is 16.5. The number of hydrogen-bond acceptors (Lipinski definition) is 4. The van der Waals surface area contributed by atoms with Crippen LogP contribution < -0.4 is 0 Å². The van der Waals surface area contributed by atoms with E-state index in [2.05, 4.69) is 4.74 Å². The predicted octanol–water partition coefficient (Wildman–Crippen LogP) is 0.263. The molecule has 1 aliphatic rings. The minimum Gasteiger partial charge on any atom is -0.469 e. The van der Waals surface area contributed by atoms with E-state index >= 15 is 0 Å².